The second-order valence-electron chi connectivity index (χ2n) is 7.10. The summed E-state index contributed by atoms with van der Waals surface area (Å²) in [6.07, 6.45) is 6.49. The molecule has 0 N–H and O–H groups in total. The highest BCUT2D eigenvalue weighted by molar-refractivity contribution is 6.31. The van der Waals surface area contributed by atoms with Gasteiger partial charge in [-0.3, -0.25) is 4.90 Å². The van der Waals surface area contributed by atoms with Gasteiger partial charge in [0.05, 0.1) is 10.7 Å². The Hall–Kier alpha value is -1.52. The number of nitrogens with zero attached hydrogens (tertiary/aromatic N) is 3. The molecule has 0 bridgehead atoms. The number of benzene rings is 1. The van der Waals surface area contributed by atoms with E-state index in [1.54, 1.807) is 6.07 Å². The van der Waals surface area contributed by atoms with Crippen molar-refractivity contribution in [3.05, 3.63) is 57.9 Å². The van der Waals surface area contributed by atoms with E-state index in [1.807, 2.05) is 19.2 Å². The van der Waals surface area contributed by atoms with Crippen LogP contribution in [-0.2, 0) is 18.4 Å². The third kappa shape index (κ3) is 2.72. The van der Waals surface area contributed by atoms with Crippen LogP contribution in [-0.4, -0.2) is 28.0 Å². The highest BCUT2D eigenvalue weighted by atomic mass is 35.5. The number of piperidine rings is 1. The van der Waals surface area contributed by atoms with Crippen molar-refractivity contribution >= 4 is 11.6 Å². The van der Waals surface area contributed by atoms with Gasteiger partial charge in [0.25, 0.3) is 0 Å². The van der Waals surface area contributed by atoms with Crippen LogP contribution in [0.4, 0.5) is 4.39 Å². The van der Waals surface area contributed by atoms with E-state index in [1.165, 1.54) is 23.7 Å². The average molecular weight is 346 g/mol. The second kappa shape index (κ2) is 6.08. The van der Waals surface area contributed by atoms with Crippen LogP contribution in [0.25, 0.3) is 0 Å². The van der Waals surface area contributed by atoms with Gasteiger partial charge < -0.3 is 0 Å². The molecule has 126 valence electrons. The van der Waals surface area contributed by atoms with Crippen molar-refractivity contribution in [1.29, 1.82) is 0 Å². The van der Waals surface area contributed by atoms with Crippen molar-refractivity contribution in [3.63, 3.8) is 0 Å². The lowest BCUT2D eigenvalue weighted by Gasteiger charge is -2.40. The van der Waals surface area contributed by atoms with E-state index >= 15 is 0 Å². The fourth-order valence-corrected chi connectivity index (χ4v) is 4.49. The topological polar surface area (TPSA) is 29.0 Å². The summed E-state index contributed by atoms with van der Waals surface area (Å²) in [7, 11) is 0. The number of aromatic nitrogens is 2. The van der Waals surface area contributed by atoms with Crippen molar-refractivity contribution in [3.8, 4) is 0 Å². The Balaban J connectivity index is 1.59. The van der Waals surface area contributed by atoms with Crippen molar-refractivity contribution in [2.45, 2.75) is 44.6 Å². The molecule has 1 aliphatic heterocycles. The molecule has 1 aromatic carbocycles. The number of rotatable bonds is 2. The molecule has 1 aromatic heterocycles. The van der Waals surface area contributed by atoms with Gasteiger partial charge in [-0.2, -0.15) is 0 Å². The van der Waals surface area contributed by atoms with Crippen LogP contribution in [0.15, 0.2) is 24.4 Å². The van der Waals surface area contributed by atoms with Gasteiger partial charge in [-0.25, -0.2) is 14.4 Å². The molecule has 5 heteroatoms. The Morgan fingerprint density at radius 2 is 2.21 bits per heavy atom. The van der Waals surface area contributed by atoms with Crippen LogP contribution in [0, 0.1) is 12.7 Å². The van der Waals surface area contributed by atoms with E-state index in [-0.39, 0.29) is 16.3 Å². The second-order valence-corrected chi connectivity index (χ2v) is 7.48. The summed E-state index contributed by atoms with van der Waals surface area (Å²) >= 11 is 6.14. The van der Waals surface area contributed by atoms with Gasteiger partial charge in [-0.05, 0) is 56.3 Å². The highest BCUT2D eigenvalue weighted by Gasteiger charge is 2.43. The molecule has 0 amide bonds. The van der Waals surface area contributed by atoms with Crippen LogP contribution in [0.1, 0.15) is 41.9 Å². The molecule has 3 nitrogen and oxygen atoms in total. The van der Waals surface area contributed by atoms with Crippen molar-refractivity contribution < 1.29 is 4.39 Å². The zero-order chi connectivity index (χ0) is 16.7. The summed E-state index contributed by atoms with van der Waals surface area (Å²) in [5.74, 6) is 0.510. The predicted molar refractivity (Wildman–Crippen MR) is 92.7 cm³/mol. The van der Waals surface area contributed by atoms with E-state index in [0.29, 0.717) is 6.54 Å². The van der Waals surface area contributed by atoms with Gasteiger partial charge in [0.2, 0.25) is 0 Å². The smallest absolute Gasteiger partial charge is 0.142 e. The Kier molecular flexibility index (Phi) is 4.05. The van der Waals surface area contributed by atoms with Crippen molar-refractivity contribution in [1.82, 2.24) is 14.9 Å². The minimum atomic E-state index is -0.338. The Labute approximate surface area is 146 Å². The summed E-state index contributed by atoms with van der Waals surface area (Å²) in [6, 6.07) is 5.07. The maximum Gasteiger partial charge on any atom is 0.142 e. The third-order valence-corrected chi connectivity index (χ3v) is 5.86. The molecular formula is C19H21ClFN3. The number of fused-ring (bicyclic) bond motifs is 2. The van der Waals surface area contributed by atoms with Gasteiger partial charge in [0.1, 0.15) is 11.6 Å². The molecule has 2 aliphatic rings. The molecule has 0 saturated carbocycles. The number of hydrogen-bond acceptors (Lipinski definition) is 3. The normalized spacial score (nSPS) is 23.6. The summed E-state index contributed by atoms with van der Waals surface area (Å²) in [4.78, 5) is 11.5. The van der Waals surface area contributed by atoms with E-state index in [9.17, 15) is 4.39 Å². The maximum atomic E-state index is 13.7. The fraction of sp³-hybridized carbons (Fsp3) is 0.474. The fourth-order valence-electron chi connectivity index (χ4n) is 4.30. The van der Waals surface area contributed by atoms with Gasteiger partial charge in [-0.15, -0.1) is 0 Å². The first-order chi connectivity index (χ1) is 11.6. The lowest BCUT2D eigenvalue weighted by Crippen LogP contribution is -2.45. The molecule has 1 atom stereocenters. The molecule has 1 spiro atoms. The quantitative estimate of drug-likeness (QED) is 0.822. The zero-order valence-electron chi connectivity index (χ0n) is 13.9. The van der Waals surface area contributed by atoms with E-state index in [4.69, 9.17) is 16.6 Å². The Morgan fingerprint density at radius 1 is 1.33 bits per heavy atom. The molecular weight excluding hydrogens is 325 g/mol. The molecule has 1 saturated heterocycles. The first-order valence-electron chi connectivity index (χ1n) is 8.56. The van der Waals surface area contributed by atoms with Crippen molar-refractivity contribution in [2.24, 2.45) is 0 Å². The summed E-state index contributed by atoms with van der Waals surface area (Å²) in [6.45, 7) is 4.63. The molecule has 2 heterocycles. The standard InChI is InChI=1S/C19H21ClFN3/c1-13-22-10-14-6-8-19(18(14)23-13)7-3-9-24(12-19)11-15-4-2-5-16(21)17(15)20/h2,4-5,10H,3,6-9,11-12H2,1H3. The largest absolute Gasteiger partial charge is 0.298 e. The molecule has 4 rings (SSSR count). The van der Waals surface area contributed by atoms with Crippen LogP contribution in [0.2, 0.25) is 5.02 Å². The van der Waals surface area contributed by atoms with E-state index < -0.39 is 0 Å². The Bertz CT molecular complexity index is 775. The van der Waals surface area contributed by atoms with E-state index in [2.05, 4.69) is 9.88 Å². The number of halogens is 2. The SMILES string of the molecule is Cc1ncc2c(n1)C1(CCCN(Cc3cccc(F)c3Cl)C1)CC2. The number of likely N-dealkylation sites (tertiary alicyclic amines) is 1. The minimum absolute atomic E-state index is 0.126. The first-order valence-corrected chi connectivity index (χ1v) is 8.93. The summed E-state index contributed by atoms with van der Waals surface area (Å²) in [5, 5.41) is 0.252. The zero-order valence-corrected chi connectivity index (χ0v) is 14.6. The molecule has 24 heavy (non-hydrogen) atoms. The molecule has 1 aliphatic carbocycles. The van der Waals surface area contributed by atoms with Gasteiger partial charge >= 0.3 is 0 Å². The maximum absolute atomic E-state index is 13.7. The average Bonchev–Trinajstić information content (AvgIpc) is 2.90. The van der Waals surface area contributed by atoms with Crippen LogP contribution >= 0.6 is 11.6 Å². The lowest BCUT2D eigenvalue weighted by atomic mass is 9.77. The van der Waals surface area contributed by atoms with E-state index in [0.717, 1.165) is 43.7 Å². The first kappa shape index (κ1) is 16.0. The van der Waals surface area contributed by atoms with Crippen molar-refractivity contribution in [2.75, 3.05) is 13.1 Å². The van der Waals surface area contributed by atoms with Crippen LogP contribution in [0.5, 0.6) is 0 Å². The van der Waals surface area contributed by atoms with Crippen LogP contribution in [0.3, 0.4) is 0 Å². The lowest BCUT2D eigenvalue weighted by molar-refractivity contribution is 0.136. The monoisotopic (exact) mass is 345 g/mol. The van der Waals surface area contributed by atoms with Gasteiger partial charge in [-0.1, -0.05) is 23.7 Å². The van der Waals surface area contributed by atoms with Gasteiger partial charge in [0.15, 0.2) is 0 Å². The minimum Gasteiger partial charge on any atom is -0.298 e. The molecule has 0 radical (unpaired) electrons. The summed E-state index contributed by atoms with van der Waals surface area (Å²) in [5.41, 5.74) is 3.53. The predicted octanol–water partition coefficient (Wildman–Crippen LogP) is 4.06. The highest BCUT2D eigenvalue weighted by Crippen LogP contribution is 2.44. The number of hydrogen-bond donors (Lipinski definition) is 0. The Morgan fingerprint density at radius 3 is 3.08 bits per heavy atom. The molecule has 1 unspecified atom stereocenters. The van der Waals surface area contributed by atoms with Crippen LogP contribution < -0.4 is 0 Å². The molecule has 1 fully saturated rings. The molecule has 2 aromatic rings. The third-order valence-electron chi connectivity index (χ3n) is 5.44. The van der Waals surface area contributed by atoms with Gasteiger partial charge in [0, 0.05) is 24.7 Å². The number of aryl methyl sites for hydroxylation is 2. The summed E-state index contributed by atoms with van der Waals surface area (Å²) < 4.78 is 13.7.